The van der Waals surface area contributed by atoms with Crippen molar-refractivity contribution in [3.63, 3.8) is 0 Å². The Morgan fingerprint density at radius 1 is 0.778 bits per heavy atom. The second kappa shape index (κ2) is 8.70. The van der Waals surface area contributed by atoms with Crippen molar-refractivity contribution in [1.82, 2.24) is 0 Å². The van der Waals surface area contributed by atoms with Crippen LogP contribution in [0.15, 0.2) is 91.0 Å². The van der Waals surface area contributed by atoms with E-state index in [0.717, 1.165) is 16.5 Å². The Labute approximate surface area is 208 Å². The average molecular weight is 481 g/mol. The molecule has 0 spiro atoms. The Kier molecular flexibility index (Phi) is 5.34. The smallest absolute Gasteiger partial charge is 0.266 e. The van der Waals surface area contributed by atoms with E-state index in [1.165, 1.54) is 4.90 Å². The predicted octanol–water partition coefficient (Wildman–Crippen LogP) is 4.91. The molecule has 36 heavy (non-hydrogen) atoms. The Morgan fingerprint density at radius 2 is 1.53 bits per heavy atom. The maximum atomic E-state index is 14.1. The van der Waals surface area contributed by atoms with E-state index >= 15 is 0 Å². The van der Waals surface area contributed by atoms with E-state index in [9.17, 15) is 9.59 Å². The molecule has 3 unspecified atom stereocenters. The van der Waals surface area contributed by atoms with Gasteiger partial charge in [0.05, 0.1) is 25.6 Å². The van der Waals surface area contributed by atoms with E-state index in [-0.39, 0.29) is 11.8 Å². The molecule has 0 bridgehead atoms. The summed E-state index contributed by atoms with van der Waals surface area (Å²) in [6, 6.07) is 27.6. The molecule has 6 rings (SSSR count). The maximum Gasteiger partial charge on any atom is 0.266 e. The van der Waals surface area contributed by atoms with Crippen molar-refractivity contribution >= 4 is 34.0 Å². The number of rotatable bonds is 5. The second-order valence-corrected chi connectivity index (χ2v) is 8.78. The number of nitrogens with zero attached hydrogens (tertiary/aromatic N) is 2. The molecule has 2 aliphatic heterocycles. The first kappa shape index (κ1) is 22.1. The Morgan fingerprint density at radius 3 is 2.31 bits per heavy atom. The molecular weight excluding hydrogens is 456 g/mol. The summed E-state index contributed by atoms with van der Waals surface area (Å²) in [7, 11) is 3.16. The zero-order valence-corrected chi connectivity index (χ0v) is 19.8. The highest BCUT2D eigenvalue weighted by Gasteiger charge is 2.61. The lowest BCUT2D eigenvalue weighted by molar-refractivity contribution is -0.126. The first-order chi connectivity index (χ1) is 17.6. The summed E-state index contributed by atoms with van der Waals surface area (Å²) in [5, 5.41) is 3.44. The van der Waals surface area contributed by atoms with Crippen molar-refractivity contribution in [2.24, 2.45) is 5.92 Å². The summed E-state index contributed by atoms with van der Waals surface area (Å²) < 4.78 is 11.1. The van der Waals surface area contributed by atoms with Crippen LogP contribution in [0.2, 0.25) is 0 Å². The summed E-state index contributed by atoms with van der Waals surface area (Å²) >= 11 is 0. The number of para-hydroxylation sites is 1. The minimum atomic E-state index is -0.974. The summed E-state index contributed by atoms with van der Waals surface area (Å²) in [6.07, 6.45) is -0.974. The van der Waals surface area contributed by atoms with Crippen molar-refractivity contribution < 1.29 is 23.9 Å². The van der Waals surface area contributed by atoms with Crippen LogP contribution in [0.5, 0.6) is 11.5 Å². The molecule has 7 heteroatoms. The SMILES string of the molecule is COc1ccc(OC)c(C2C3C(=O)N(c4cccc5ccccc45)C(=O)C3ON2c2ccccc2)c1. The molecular formula is C29H24N2O5. The van der Waals surface area contributed by atoms with Gasteiger partial charge in [0.2, 0.25) is 5.91 Å². The highest BCUT2D eigenvalue weighted by atomic mass is 16.7. The summed E-state index contributed by atoms with van der Waals surface area (Å²) in [6.45, 7) is 0. The molecule has 4 aromatic rings. The van der Waals surface area contributed by atoms with Crippen LogP contribution in [0.25, 0.3) is 10.8 Å². The highest BCUT2D eigenvalue weighted by molar-refractivity contribution is 6.26. The van der Waals surface area contributed by atoms with Crippen LogP contribution < -0.4 is 19.4 Å². The van der Waals surface area contributed by atoms with Gasteiger partial charge in [-0.15, -0.1) is 0 Å². The molecule has 0 N–H and O–H groups in total. The van der Waals surface area contributed by atoms with Gasteiger partial charge in [-0.3, -0.25) is 14.4 Å². The van der Waals surface area contributed by atoms with E-state index < -0.39 is 18.1 Å². The highest BCUT2D eigenvalue weighted by Crippen LogP contribution is 2.50. The lowest BCUT2D eigenvalue weighted by atomic mass is 9.89. The van der Waals surface area contributed by atoms with Gasteiger partial charge in [-0.05, 0) is 41.8 Å². The van der Waals surface area contributed by atoms with E-state index in [0.29, 0.717) is 22.7 Å². The Bertz CT molecular complexity index is 1470. The number of fused-ring (bicyclic) bond motifs is 2. The molecule has 0 aromatic heterocycles. The molecule has 0 aliphatic carbocycles. The number of carbonyl (C=O) groups is 2. The molecule has 2 aliphatic rings. The number of anilines is 2. The van der Waals surface area contributed by atoms with Gasteiger partial charge in [-0.1, -0.05) is 54.6 Å². The molecule has 4 aromatic carbocycles. The van der Waals surface area contributed by atoms with Crippen LogP contribution >= 0.6 is 0 Å². The van der Waals surface area contributed by atoms with Gasteiger partial charge in [0.25, 0.3) is 5.91 Å². The van der Waals surface area contributed by atoms with Crippen molar-refractivity contribution in [2.45, 2.75) is 12.1 Å². The van der Waals surface area contributed by atoms with Crippen LogP contribution in [0, 0.1) is 5.92 Å². The monoisotopic (exact) mass is 480 g/mol. The number of hydrogen-bond acceptors (Lipinski definition) is 6. The van der Waals surface area contributed by atoms with E-state index in [4.69, 9.17) is 14.3 Å². The summed E-state index contributed by atoms with van der Waals surface area (Å²) in [4.78, 5) is 35.4. The first-order valence-electron chi connectivity index (χ1n) is 11.7. The number of hydrogen-bond donors (Lipinski definition) is 0. The number of carbonyl (C=O) groups excluding carboxylic acids is 2. The topological polar surface area (TPSA) is 68.3 Å². The Balaban J connectivity index is 1.50. The zero-order valence-electron chi connectivity index (χ0n) is 19.8. The van der Waals surface area contributed by atoms with Gasteiger partial charge in [-0.2, -0.15) is 0 Å². The lowest BCUT2D eigenvalue weighted by Crippen LogP contribution is -2.37. The largest absolute Gasteiger partial charge is 0.497 e. The minimum Gasteiger partial charge on any atom is -0.497 e. The molecule has 3 atom stereocenters. The van der Waals surface area contributed by atoms with Crippen molar-refractivity contribution in [2.75, 3.05) is 24.2 Å². The number of benzene rings is 4. The van der Waals surface area contributed by atoms with Gasteiger partial charge in [0.15, 0.2) is 6.10 Å². The van der Waals surface area contributed by atoms with Gasteiger partial charge >= 0.3 is 0 Å². The summed E-state index contributed by atoms with van der Waals surface area (Å²) in [5.74, 6) is -0.279. The van der Waals surface area contributed by atoms with Crippen LogP contribution in [-0.4, -0.2) is 32.1 Å². The number of amides is 2. The number of imide groups is 1. The van der Waals surface area contributed by atoms with Gasteiger partial charge in [0, 0.05) is 10.9 Å². The average Bonchev–Trinajstić information content (AvgIpc) is 3.44. The van der Waals surface area contributed by atoms with Gasteiger partial charge in [0.1, 0.15) is 23.5 Å². The van der Waals surface area contributed by atoms with Gasteiger partial charge < -0.3 is 9.47 Å². The van der Waals surface area contributed by atoms with E-state index in [1.807, 2.05) is 72.8 Å². The van der Waals surface area contributed by atoms with E-state index in [1.54, 1.807) is 37.5 Å². The predicted molar refractivity (Wildman–Crippen MR) is 136 cm³/mol. The number of hydroxylamine groups is 1. The second-order valence-electron chi connectivity index (χ2n) is 8.78. The number of ether oxygens (including phenoxy) is 2. The maximum absolute atomic E-state index is 14.1. The third kappa shape index (κ3) is 3.31. The fourth-order valence-corrected chi connectivity index (χ4v) is 5.24. The molecule has 2 saturated heterocycles. The van der Waals surface area contributed by atoms with Crippen molar-refractivity contribution in [3.8, 4) is 11.5 Å². The van der Waals surface area contributed by atoms with Crippen LogP contribution in [0.1, 0.15) is 11.6 Å². The number of methoxy groups -OCH3 is 2. The Hall–Kier alpha value is -4.36. The molecule has 2 amide bonds. The lowest BCUT2D eigenvalue weighted by Gasteiger charge is -2.30. The van der Waals surface area contributed by atoms with E-state index in [2.05, 4.69) is 0 Å². The van der Waals surface area contributed by atoms with Crippen molar-refractivity contribution in [3.05, 3.63) is 96.6 Å². The van der Waals surface area contributed by atoms with Crippen LogP contribution in [-0.2, 0) is 14.4 Å². The summed E-state index contributed by atoms with van der Waals surface area (Å²) in [5.41, 5.74) is 2.00. The molecule has 180 valence electrons. The molecule has 7 nitrogen and oxygen atoms in total. The fourth-order valence-electron chi connectivity index (χ4n) is 5.24. The van der Waals surface area contributed by atoms with Crippen molar-refractivity contribution in [1.29, 1.82) is 0 Å². The molecule has 2 fully saturated rings. The van der Waals surface area contributed by atoms with Crippen LogP contribution in [0.3, 0.4) is 0 Å². The first-order valence-corrected chi connectivity index (χ1v) is 11.7. The molecule has 2 heterocycles. The standard InChI is InChI=1S/C29H24N2O5/c1-34-20-15-16-24(35-2)22(17-20)26-25-27(36-31(26)19-11-4-3-5-12-19)29(33)30(28(25)32)23-14-8-10-18-9-6-7-13-21(18)23/h3-17,25-27H,1-2H3. The normalized spacial score (nSPS) is 21.2. The third-order valence-electron chi connectivity index (χ3n) is 6.89. The molecule has 0 radical (unpaired) electrons. The minimum absolute atomic E-state index is 0.311. The quantitative estimate of drug-likeness (QED) is 0.378. The fraction of sp³-hybridized carbons (Fsp3) is 0.172. The zero-order chi connectivity index (χ0) is 24.8. The molecule has 0 saturated carbocycles. The van der Waals surface area contributed by atoms with Crippen LogP contribution in [0.4, 0.5) is 11.4 Å². The van der Waals surface area contributed by atoms with Gasteiger partial charge in [-0.25, -0.2) is 9.96 Å². The third-order valence-corrected chi connectivity index (χ3v) is 6.89.